The lowest BCUT2D eigenvalue weighted by Crippen LogP contribution is -2.56. The Morgan fingerprint density at radius 1 is 1.00 bits per heavy atom. The molecule has 2 fully saturated rings. The number of nitrogens with zero attached hydrogens (tertiary/aromatic N) is 2. The number of amides is 1. The molecule has 0 unspecified atom stereocenters. The third-order valence-corrected chi connectivity index (χ3v) is 8.24. The molecule has 1 amide bonds. The number of aromatic nitrogens is 1. The molecule has 1 saturated heterocycles. The first-order chi connectivity index (χ1) is 20.5. The van der Waals surface area contributed by atoms with E-state index in [0.29, 0.717) is 51.8 Å². The van der Waals surface area contributed by atoms with Gasteiger partial charge in [-0.15, -0.1) is 0 Å². The van der Waals surface area contributed by atoms with Crippen molar-refractivity contribution < 1.29 is 28.5 Å². The summed E-state index contributed by atoms with van der Waals surface area (Å²) in [5.41, 5.74) is 2.42. The van der Waals surface area contributed by atoms with E-state index in [1.165, 1.54) is 5.56 Å². The van der Waals surface area contributed by atoms with Gasteiger partial charge in [0.2, 0.25) is 11.8 Å². The topological polar surface area (TPSA) is 91.4 Å². The van der Waals surface area contributed by atoms with Gasteiger partial charge in [-0.3, -0.25) is 4.79 Å². The Morgan fingerprint density at radius 2 is 1.81 bits per heavy atom. The molecule has 1 aromatic heterocycles. The molecule has 4 rings (SSSR count). The van der Waals surface area contributed by atoms with Crippen LogP contribution in [0.2, 0.25) is 0 Å². The molecule has 1 aliphatic carbocycles. The lowest BCUT2D eigenvalue weighted by atomic mass is 9.75. The van der Waals surface area contributed by atoms with Crippen molar-refractivity contribution in [2.24, 2.45) is 5.92 Å². The molecule has 2 heterocycles. The van der Waals surface area contributed by atoms with Gasteiger partial charge in [0.05, 0.1) is 19.1 Å². The fourth-order valence-corrected chi connectivity index (χ4v) is 5.81. The highest BCUT2D eigenvalue weighted by atomic mass is 16.5. The molecule has 2 aliphatic rings. The molecule has 1 aromatic carbocycles. The van der Waals surface area contributed by atoms with Crippen LogP contribution in [0.5, 0.6) is 11.6 Å². The van der Waals surface area contributed by atoms with Crippen molar-refractivity contribution in [1.82, 2.24) is 15.2 Å². The second kappa shape index (κ2) is 16.2. The van der Waals surface area contributed by atoms with E-state index in [4.69, 9.17) is 23.7 Å². The van der Waals surface area contributed by atoms with Gasteiger partial charge in [0, 0.05) is 59.3 Å². The van der Waals surface area contributed by atoms with E-state index in [9.17, 15) is 4.79 Å². The highest BCUT2D eigenvalue weighted by Crippen LogP contribution is 2.42. The van der Waals surface area contributed by atoms with Crippen LogP contribution >= 0.6 is 0 Å². The van der Waals surface area contributed by atoms with E-state index in [0.717, 1.165) is 61.9 Å². The summed E-state index contributed by atoms with van der Waals surface area (Å²) in [4.78, 5) is 21.0. The van der Waals surface area contributed by atoms with Crippen molar-refractivity contribution in [2.45, 2.75) is 70.1 Å². The van der Waals surface area contributed by atoms with Crippen molar-refractivity contribution in [3.8, 4) is 11.6 Å². The molecular formula is C33H49N3O6. The van der Waals surface area contributed by atoms with Crippen LogP contribution in [0.4, 0.5) is 0 Å². The number of piperidine rings is 1. The van der Waals surface area contributed by atoms with Crippen molar-refractivity contribution in [3.63, 3.8) is 0 Å². The number of pyridine rings is 1. The summed E-state index contributed by atoms with van der Waals surface area (Å²) in [6.45, 7) is 6.29. The van der Waals surface area contributed by atoms with Gasteiger partial charge >= 0.3 is 0 Å². The Hall–Kier alpha value is -2.72. The Bertz CT molecular complexity index is 1100. The minimum atomic E-state index is -0.766. The smallest absolute Gasteiger partial charge is 0.230 e. The number of aryl methyl sites for hydroxylation is 1. The Balaban J connectivity index is 1.59. The van der Waals surface area contributed by atoms with Gasteiger partial charge in [-0.2, -0.15) is 0 Å². The number of methoxy groups -OCH3 is 3. The standard InChI is InChI=1S/C33H49N3O6/c1-5-6-16-42-31-22-27(11-13-35-31)33(40-4)12-14-34-23-30(33)32(37)36(28-9-10-28)24-26-19-25(8-7-15-38-2)20-29(21-26)41-18-17-39-3/h11,13,19-22,28,30,34H,5-10,12,14-18,23-24H2,1-4H3/t30-,33+/m1/s1. The van der Waals surface area contributed by atoms with Crippen LogP contribution in [-0.2, 0) is 37.6 Å². The summed E-state index contributed by atoms with van der Waals surface area (Å²) in [6, 6.07) is 10.5. The minimum Gasteiger partial charge on any atom is -0.491 e. The number of hydrogen-bond acceptors (Lipinski definition) is 8. The van der Waals surface area contributed by atoms with Crippen LogP contribution in [0.15, 0.2) is 36.5 Å². The highest BCUT2D eigenvalue weighted by molar-refractivity contribution is 5.81. The van der Waals surface area contributed by atoms with E-state index in [1.54, 1.807) is 27.5 Å². The Labute approximate surface area is 251 Å². The zero-order valence-corrected chi connectivity index (χ0v) is 25.9. The molecule has 0 radical (unpaired) electrons. The summed E-state index contributed by atoms with van der Waals surface area (Å²) < 4.78 is 28.7. The van der Waals surface area contributed by atoms with E-state index < -0.39 is 5.60 Å². The lowest BCUT2D eigenvalue weighted by Gasteiger charge is -2.44. The minimum absolute atomic E-state index is 0.114. The number of hydrogen-bond donors (Lipinski definition) is 1. The Morgan fingerprint density at radius 3 is 2.55 bits per heavy atom. The van der Waals surface area contributed by atoms with Crippen molar-refractivity contribution in [3.05, 3.63) is 53.2 Å². The molecule has 0 bridgehead atoms. The maximum atomic E-state index is 14.5. The summed E-state index contributed by atoms with van der Waals surface area (Å²) >= 11 is 0. The Kier molecular flexibility index (Phi) is 12.4. The van der Waals surface area contributed by atoms with Crippen LogP contribution < -0.4 is 14.8 Å². The van der Waals surface area contributed by atoms with E-state index in [1.807, 2.05) is 12.1 Å². The molecule has 2 aromatic rings. The molecule has 1 saturated carbocycles. The maximum Gasteiger partial charge on any atom is 0.230 e. The SMILES string of the molecule is CCCCOc1cc([C@@]2(OC)CCNC[C@@H]2C(=O)N(Cc2cc(CCCOC)cc(OCCOC)c2)C2CC2)ccn1. The van der Waals surface area contributed by atoms with Gasteiger partial charge in [-0.1, -0.05) is 19.4 Å². The number of nitrogens with one attached hydrogen (secondary N) is 1. The first-order valence-corrected chi connectivity index (χ1v) is 15.4. The highest BCUT2D eigenvalue weighted by Gasteiger charge is 2.50. The molecule has 232 valence electrons. The van der Waals surface area contributed by atoms with Crippen molar-refractivity contribution in [1.29, 1.82) is 0 Å². The number of benzene rings is 1. The molecule has 1 aliphatic heterocycles. The van der Waals surface area contributed by atoms with Crippen molar-refractivity contribution in [2.75, 3.05) is 60.8 Å². The predicted octanol–water partition coefficient (Wildman–Crippen LogP) is 4.51. The van der Waals surface area contributed by atoms with Gasteiger partial charge in [-0.05, 0) is 80.0 Å². The quantitative estimate of drug-likeness (QED) is 0.257. The first-order valence-electron chi connectivity index (χ1n) is 15.4. The third kappa shape index (κ3) is 8.43. The van der Waals surface area contributed by atoms with Crippen molar-refractivity contribution >= 4 is 5.91 Å². The number of ether oxygens (including phenoxy) is 5. The van der Waals surface area contributed by atoms with E-state index in [2.05, 4.69) is 40.3 Å². The summed E-state index contributed by atoms with van der Waals surface area (Å²) in [7, 11) is 5.11. The second-order valence-electron chi connectivity index (χ2n) is 11.3. The largest absolute Gasteiger partial charge is 0.491 e. The van der Waals surface area contributed by atoms with Gasteiger partial charge < -0.3 is 33.9 Å². The summed E-state index contributed by atoms with van der Waals surface area (Å²) in [6.07, 6.45) is 8.30. The number of carbonyl (C=O) groups excluding carboxylic acids is 1. The molecule has 0 spiro atoms. The fraction of sp³-hybridized carbons (Fsp3) is 0.636. The summed E-state index contributed by atoms with van der Waals surface area (Å²) in [5.74, 6) is 1.11. The van der Waals surface area contributed by atoms with E-state index in [-0.39, 0.29) is 17.9 Å². The predicted molar refractivity (Wildman–Crippen MR) is 162 cm³/mol. The average Bonchev–Trinajstić information content (AvgIpc) is 3.86. The van der Waals surface area contributed by atoms with Crippen LogP contribution in [-0.4, -0.2) is 82.7 Å². The van der Waals surface area contributed by atoms with E-state index >= 15 is 0 Å². The normalized spacial score (nSPS) is 20.3. The number of carbonyl (C=O) groups is 1. The van der Waals surface area contributed by atoms with Gasteiger partial charge in [0.25, 0.3) is 0 Å². The maximum absolute atomic E-state index is 14.5. The molecule has 2 atom stereocenters. The zero-order chi connectivity index (χ0) is 29.8. The van der Waals surface area contributed by atoms with Crippen LogP contribution in [0, 0.1) is 5.92 Å². The van der Waals surface area contributed by atoms with Gasteiger partial charge in [0.15, 0.2) is 0 Å². The average molecular weight is 584 g/mol. The summed E-state index contributed by atoms with van der Waals surface area (Å²) in [5, 5.41) is 3.47. The molecule has 9 nitrogen and oxygen atoms in total. The molecule has 1 N–H and O–H groups in total. The van der Waals surface area contributed by atoms with Crippen LogP contribution in [0.3, 0.4) is 0 Å². The van der Waals surface area contributed by atoms with Gasteiger partial charge in [0.1, 0.15) is 18.0 Å². The number of unbranched alkanes of at least 4 members (excludes halogenated alkanes) is 1. The van der Waals surface area contributed by atoms with Crippen LogP contribution in [0.25, 0.3) is 0 Å². The van der Waals surface area contributed by atoms with Crippen LogP contribution in [0.1, 0.15) is 62.1 Å². The first kappa shape index (κ1) is 32.2. The lowest BCUT2D eigenvalue weighted by molar-refractivity contribution is -0.155. The van der Waals surface area contributed by atoms with Gasteiger partial charge in [-0.25, -0.2) is 4.98 Å². The second-order valence-corrected chi connectivity index (χ2v) is 11.3. The molecular weight excluding hydrogens is 534 g/mol. The number of rotatable bonds is 18. The third-order valence-electron chi connectivity index (χ3n) is 8.24. The fourth-order valence-electron chi connectivity index (χ4n) is 5.81. The molecule has 9 heteroatoms. The monoisotopic (exact) mass is 583 g/mol. The zero-order valence-electron chi connectivity index (χ0n) is 25.9. The molecule has 42 heavy (non-hydrogen) atoms.